The van der Waals surface area contributed by atoms with E-state index >= 15 is 0 Å². The third kappa shape index (κ3) is 2.94. The molecule has 1 aromatic carbocycles. The molecule has 20 heavy (non-hydrogen) atoms. The summed E-state index contributed by atoms with van der Waals surface area (Å²) in [5, 5.41) is 0. The molecule has 0 radical (unpaired) electrons. The molecule has 0 spiro atoms. The molecule has 0 saturated heterocycles. The van der Waals surface area contributed by atoms with Crippen LogP contribution < -0.4 is 16.2 Å². The SMILES string of the molecule is CC1CCCC1NS(=O)(=O)c1ccc(C(N)=O)cc1N. The Kier molecular flexibility index (Phi) is 4.01. The Morgan fingerprint density at radius 2 is 2.05 bits per heavy atom. The minimum Gasteiger partial charge on any atom is -0.398 e. The van der Waals surface area contributed by atoms with Gasteiger partial charge in [0, 0.05) is 11.6 Å². The molecular weight excluding hydrogens is 278 g/mol. The summed E-state index contributed by atoms with van der Waals surface area (Å²) in [6.07, 6.45) is 2.87. The van der Waals surface area contributed by atoms with E-state index in [-0.39, 0.29) is 22.2 Å². The van der Waals surface area contributed by atoms with Gasteiger partial charge >= 0.3 is 0 Å². The Bertz CT molecular complexity index is 628. The van der Waals surface area contributed by atoms with E-state index in [9.17, 15) is 13.2 Å². The van der Waals surface area contributed by atoms with Crippen LogP contribution in [-0.4, -0.2) is 20.4 Å². The van der Waals surface area contributed by atoms with E-state index in [0.29, 0.717) is 5.92 Å². The van der Waals surface area contributed by atoms with Crippen molar-refractivity contribution in [3.63, 3.8) is 0 Å². The molecule has 5 N–H and O–H groups in total. The molecule has 2 atom stereocenters. The number of carbonyl (C=O) groups excluding carboxylic acids is 1. The third-order valence-electron chi connectivity index (χ3n) is 3.75. The number of nitrogen functional groups attached to an aromatic ring is 1. The Labute approximate surface area is 118 Å². The van der Waals surface area contributed by atoms with Gasteiger partial charge in [-0.05, 0) is 37.0 Å². The highest BCUT2D eigenvalue weighted by atomic mass is 32.2. The average molecular weight is 297 g/mol. The van der Waals surface area contributed by atoms with Crippen molar-refractivity contribution >= 4 is 21.6 Å². The number of carbonyl (C=O) groups is 1. The molecule has 110 valence electrons. The van der Waals surface area contributed by atoms with E-state index in [4.69, 9.17) is 11.5 Å². The van der Waals surface area contributed by atoms with E-state index in [1.165, 1.54) is 18.2 Å². The number of nitrogens with one attached hydrogen (secondary N) is 1. The summed E-state index contributed by atoms with van der Waals surface area (Å²) in [6.45, 7) is 2.03. The molecule has 1 amide bonds. The molecule has 1 fully saturated rings. The minimum atomic E-state index is -3.68. The summed E-state index contributed by atoms with van der Waals surface area (Å²) in [5.41, 5.74) is 11.1. The van der Waals surface area contributed by atoms with Crippen LogP contribution in [0.2, 0.25) is 0 Å². The van der Waals surface area contributed by atoms with Gasteiger partial charge in [0.15, 0.2) is 0 Å². The maximum absolute atomic E-state index is 12.3. The maximum atomic E-state index is 12.3. The number of rotatable bonds is 4. The van der Waals surface area contributed by atoms with Gasteiger partial charge in [-0.1, -0.05) is 13.3 Å². The molecule has 1 aliphatic carbocycles. The van der Waals surface area contributed by atoms with E-state index in [0.717, 1.165) is 19.3 Å². The highest BCUT2D eigenvalue weighted by Crippen LogP contribution is 2.27. The molecule has 1 saturated carbocycles. The van der Waals surface area contributed by atoms with Gasteiger partial charge in [0.2, 0.25) is 15.9 Å². The first kappa shape index (κ1) is 14.8. The fourth-order valence-corrected chi connectivity index (χ4v) is 4.02. The molecule has 0 heterocycles. The molecule has 1 aliphatic rings. The normalized spacial score (nSPS) is 22.9. The molecule has 0 bridgehead atoms. The Morgan fingerprint density at radius 1 is 1.35 bits per heavy atom. The van der Waals surface area contributed by atoms with Crippen LogP contribution in [0, 0.1) is 5.92 Å². The van der Waals surface area contributed by atoms with Crippen LogP contribution in [0.5, 0.6) is 0 Å². The number of sulfonamides is 1. The second-order valence-corrected chi connectivity index (χ2v) is 6.94. The predicted octanol–water partition coefficient (Wildman–Crippen LogP) is 0.835. The van der Waals surface area contributed by atoms with Crippen LogP contribution in [0.3, 0.4) is 0 Å². The molecular formula is C13H19N3O3S. The lowest BCUT2D eigenvalue weighted by Gasteiger charge is -2.18. The van der Waals surface area contributed by atoms with E-state index < -0.39 is 15.9 Å². The van der Waals surface area contributed by atoms with E-state index in [1.54, 1.807) is 0 Å². The minimum absolute atomic E-state index is 0.0124. The second kappa shape index (κ2) is 5.41. The molecule has 2 unspecified atom stereocenters. The molecule has 6 nitrogen and oxygen atoms in total. The lowest BCUT2D eigenvalue weighted by atomic mass is 10.1. The van der Waals surface area contributed by atoms with Crippen LogP contribution in [0.4, 0.5) is 5.69 Å². The largest absolute Gasteiger partial charge is 0.398 e. The third-order valence-corrected chi connectivity index (χ3v) is 5.32. The lowest BCUT2D eigenvalue weighted by Crippen LogP contribution is -2.36. The number of anilines is 1. The smallest absolute Gasteiger partial charge is 0.248 e. The van der Waals surface area contributed by atoms with Crippen molar-refractivity contribution in [1.82, 2.24) is 4.72 Å². The number of benzene rings is 1. The zero-order valence-electron chi connectivity index (χ0n) is 11.3. The van der Waals surface area contributed by atoms with Gasteiger partial charge < -0.3 is 11.5 Å². The summed E-state index contributed by atoms with van der Waals surface area (Å²) in [5.74, 6) is -0.325. The van der Waals surface area contributed by atoms with E-state index in [2.05, 4.69) is 4.72 Å². The van der Waals surface area contributed by atoms with Crippen LogP contribution in [-0.2, 0) is 10.0 Å². The standard InChI is InChI=1S/C13H19N3O3S/c1-8-3-2-4-11(8)16-20(18,19)12-6-5-9(13(15)17)7-10(12)14/h5-8,11,16H,2-4,14H2,1H3,(H2,15,17). The topological polar surface area (TPSA) is 115 Å². The molecule has 7 heteroatoms. The van der Waals surface area contributed by atoms with Gasteiger partial charge in [0.1, 0.15) is 4.90 Å². The molecule has 0 aliphatic heterocycles. The maximum Gasteiger partial charge on any atom is 0.248 e. The van der Waals surface area contributed by atoms with Crippen LogP contribution in [0.15, 0.2) is 23.1 Å². The summed E-state index contributed by atoms with van der Waals surface area (Å²) < 4.78 is 27.3. The summed E-state index contributed by atoms with van der Waals surface area (Å²) in [7, 11) is -3.68. The van der Waals surface area contributed by atoms with Crippen molar-refractivity contribution in [2.75, 3.05) is 5.73 Å². The first-order valence-electron chi connectivity index (χ1n) is 6.53. The summed E-state index contributed by atoms with van der Waals surface area (Å²) in [4.78, 5) is 11.0. The first-order valence-corrected chi connectivity index (χ1v) is 8.01. The van der Waals surface area contributed by atoms with Crippen LogP contribution in [0.1, 0.15) is 36.5 Å². The van der Waals surface area contributed by atoms with Gasteiger partial charge in [-0.15, -0.1) is 0 Å². The van der Waals surface area contributed by atoms with Crippen LogP contribution in [0.25, 0.3) is 0 Å². The number of amides is 1. The van der Waals surface area contributed by atoms with Crippen molar-refractivity contribution in [1.29, 1.82) is 0 Å². The van der Waals surface area contributed by atoms with Gasteiger partial charge in [-0.25, -0.2) is 13.1 Å². The first-order chi connectivity index (χ1) is 9.31. The number of hydrogen-bond donors (Lipinski definition) is 3. The fourth-order valence-electron chi connectivity index (χ4n) is 2.53. The van der Waals surface area contributed by atoms with Gasteiger partial charge in [-0.3, -0.25) is 4.79 Å². The zero-order chi connectivity index (χ0) is 14.9. The Morgan fingerprint density at radius 3 is 2.55 bits per heavy atom. The highest BCUT2D eigenvalue weighted by Gasteiger charge is 2.29. The Hall–Kier alpha value is -1.60. The number of primary amides is 1. The number of nitrogens with two attached hydrogens (primary N) is 2. The van der Waals surface area contributed by atoms with Crippen molar-refractivity contribution in [2.24, 2.45) is 11.7 Å². The average Bonchev–Trinajstić information content (AvgIpc) is 2.73. The summed E-state index contributed by atoms with van der Waals surface area (Å²) in [6, 6.07) is 3.91. The van der Waals surface area contributed by atoms with Crippen molar-refractivity contribution in [2.45, 2.75) is 37.1 Å². The monoisotopic (exact) mass is 297 g/mol. The quantitative estimate of drug-likeness (QED) is 0.714. The number of hydrogen-bond acceptors (Lipinski definition) is 4. The predicted molar refractivity (Wildman–Crippen MR) is 76.5 cm³/mol. The van der Waals surface area contributed by atoms with Gasteiger partial charge in [0.25, 0.3) is 0 Å². The van der Waals surface area contributed by atoms with Crippen molar-refractivity contribution in [3.05, 3.63) is 23.8 Å². The molecule has 2 rings (SSSR count). The fraction of sp³-hybridized carbons (Fsp3) is 0.462. The van der Waals surface area contributed by atoms with Crippen molar-refractivity contribution < 1.29 is 13.2 Å². The van der Waals surface area contributed by atoms with Crippen molar-refractivity contribution in [3.8, 4) is 0 Å². The lowest BCUT2D eigenvalue weighted by molar-refractivity contribution is 0.1000. The van der Waals surface area contributed by atoms with Gasteiger partial charge in [-0.2, -0.15) is 0 Å². The molecule has 1 aromatic rings. The summed E-state index contributed by atoms with van der Waals surface area (Å²) >= 11 is 0. The van der Waals surface area contributed by atoms with Gasteiger partial charge in [0.05, 0.1) is 5.69 Å². The van der Waals surface area contributed by atoms with Crippen LogP contribution >= 0.6 is 0 Å². The highest BCUT2D eigenvalue weighted by molar-refractivity contribution is 7.89. The second-order valence-electron chi connectivity index (χ2n) is 5.25. The molecule has 0 aromatic heterocycles. The van der Waals surface area contributed by atoms with E-state index in [1.807, 2.05) is 6.92 Å². The zero-order valence-corrected chi connectivity index (χ0v) is 12.1. The Balaban J connectivity index is 2.27.